The van der Waals surface area contributed by atoms with Gasteiger partial charge in [-0.1, -0.05) is 35.3 Å². The highest BCUT2D eigenvalue weighted by atomic mass is 35.5. The smallest absolute Gasteiger partial charge is 0.157 e. The Morgan fingerprint density at radius 2 is 1.71 bits per heavy atom. The summed E-state index contributed by atoms with van der Waals surface area (Å²) in [6.07, 6.45) is 3.99. The lowest BCUT2D eigenvalue weighted by Gasteiger charge is -2.23. The molecule has 6 heteroatoms. The van der Waals surface area contributed by atoms with Crippen molar-refractivity contribution in [1.29, 1.82) is 5.26 Å². The number of hydrogen-bond donors (Lipinski definition) is 1. The molecule has 2 aromatic carbocycles. The Labute approximate surface area is 172 Å². The zero-order valence-corrected chi connectivity index (χ0v) is 16.5. The van der Waals surface area contributed by atoms with Crippen molar-refractivity contribution in [1.82, 2.24) is 9.38 Å². The number of nitriles is 1. The minimum Gasteiger partial charge on any atom is -0.341 e. The summed E-state index contributed by atoms with van der Waals surface area (Å²) >= 11 is 12.4. The van der Waals surface area contributed by atoms with Gasteiger partial charge in [-0.3, -0.25) is 4.40 Å². The molecule has 0 atom stereocenters. The largest absolute Gasteiger partial charge is 0.341 e. The maximum absolute atomic E-state index is 9.91. The maximum Gasteiger partial charge on any atom is 0.157 e. The highest BCUT2D eigenvalue weighted by Gasteiger charge is 2.24. The van der Waals surface area contributed by atoms with Gasteiger partial charge in [-0.2, -0.15) is 5.26 Å². The van der Waals surface area contributed by atoms with Crippen LogP contribution in [0.15, 0.2) is 42.5 Å². The van der Waals surface area contributed by atoms with Crippen molar-refractivity contribution in [3.05, 3.63) is 69.2 Å². The summed E-state index contributed by atoms with van der Waals surface area (Å²) in [7, 11) is 0. The van der Waals surface area contributed by atoms with Crippen LogP contribution in [0.25, 0.3) is 16.7 Å². The molecule has 5 rings (SSSR count). The lowest BCUT2D eigenvalue weighted by molar-refractivity contribution is 0.682. The number of pyridine rings is 1. The van der Waals surface area contributed by atoms with E-state index in [2.05, 4.69) is 15.8 Å². The SMILES string of the molecule is N#Cc1c2c(c(Nc3cc(Cl)cc(Cl)c3)n3c1nc1ccccc13)CCCC2. The van der Waals surface area contributed by atoms with Crippen molar-refractivity contribution >= 4 is 51.4 Å². The Balaban J connectivity index is 1.87. The molecule has 0 bridgehead atoms. The third-order valence-electron chi connectivity index (χ3n) is 5.30. The zero-order valence-electron chi connectivity index (χ0n) is 15.0. The molecule has 138 valence electrons. The molecule has 0 aliphatic heterocycles. The lowest BCUT2D eigenvalue weighted by Crippen LogP contribution is -2.13. The van der Waals surface area contributed by atoms with Crippen molar-refractivity contribution < 1.29 is 0 Å². The van der Waals surface area contributed by atoms with E-state index in [-0.39, 0.29) is 0 Å². The summed E-state index contributed by atoms with van der Waals surface area (Å²) in [5, 5.41) is 14.6. The number of rotatable bonds is 2. The normalized spacial score (nSPS) is 13.5. The Morgan fingerprint density at radius 1 is 1.00 bits per heavy atom. The second-order valence-electron chi connectivity index (χ2n) is 7.04. The van der Waals surface area contributed by atoms with E-state index < -0.39 is 0 Å². The summed E-state index contributed by atoms with van der Waals surface area (Å²) in [6.45, 7) is 0. The number of hydrogen-bond acceptors (Lipinski definition) is 3. The molecule has 0 fully saturated rings. The minimum absolute atomic E-state index is 0.573. The van der Waals surface area contributed by atoms with Gasteiger partial charge in [0.25, 0.3) is 0 Å². The fraction of sp³-hybridized carbons (Fsp3) is 0.182. The molecule has 0 saturated heterocycles. The molecule has 0 spiro atoms. The highest BCUT2D eigenvalue weighted by Crippen LogP contribution is 2.37. The first-order chi connectivity index (χ1) is 13.7. The molecule has 1 aliphatic carbocycles. The number of benzene rings is 2. The van der Waals surface area contributed by atoms with Crippen LogP contribution in [0.4, 0.5) is 11.5 Å². The van der Waals surface area contributed by atoms with Crippen molar-refractivity contribution in [2.24, 2.45) is 0 Å². The number of anilines is 2. The first-order valence-electron chi connectivity index (χ1n) is 9.24. The van der Waals surface area contributed by atoms with Crippen molar-refractivity contribution in [2.75, 3.05) is 5.32 Å². The second kappa shape index (κ2) is 6.70. The van der Waals surface area contributed by atoms with E-state index in [9.17, 15) is 5.26 Å². The number of fused-ring (bicyclic) bond motifs is 4. The van der Waals surface area contributed by atoms with E-state index in [1.807, 2.05) is 36.4 Å². The molecule has 0 saturated carbocycles. The molecule has 2 heterocycles. The lowest BCUT2D eigenvalue weighted by atomic mass is 9.89. The minimum atomic E-state index is 0.573. The Morgan fingerprint density at radius 3 is 2.46 bits per heavy atom. The van der Waals surface area contributed by atoms with Crippen LogP contribution < -0.4 is 5.32 Å². The number of para-hydroxylation sites is 2. The van der Waals surface area contributed by atoms with Crippen LogP contribution in [-0.4, -0.2) is 9.38 Å². The first-order valence-corrected chi connectivity index (χ1v) is 9.99. The molecule has 2 aromatic heterocycles. The standard InChI is InChI=1S/C22H16Cl2N4/c23-13-9-14(24)11-15(10-13)26-21-17-6-2-1-5-16(17)18(12-25)22-27-19-7-3-4-8-20(19)28(21)22/h3-4,7-11,26H,1-2,5-6H2. The van der Waals surface area contributed by atoms with Crippen molar-refractivity contribution in [2.45, 2.75) is 25.7 Å². The van der Waals surface area contributed by atoms with Gasteiger partial charge in [-0.05, 0) is 67.1 Å². The van der Waals surface area contributed by atoms with Crippen LogP contribution in [0.2, 0.25) is 10.0 Å². The zero-order chi connectivity index (χ0) is 19.3. The maximum atomic E-state index is 9.91. The Kier molecular flexibility index (Phi) is 4.16. The summed E-state index contributed by atoms with van der Waals surface area (Å²) in [6, 6.07) is 15.8. The highest BCUT2D eigenvalue weighted by molar-refractivity contribution is 6.35. The van der Waals surface area contributed by atoms with Crippen LogP contribution in [0.3, 0.4) is 0 Å². The van der Waals surface area contributed by atoms with Crippen LogP contribution in [0.1, 0.15) is 29.5 Å². The van der Waals surface area contributed by atoms with E-state index in [0.29, 0.717) is 21.3 Å². The summed E-state index contributed by atoms with van der Waals surface area (Å²) in [4.78, 5) is 4.78. The van der Waals surface area contributed by atoms with E-state index >= 15 is 0 Å². The number of nitrogens with one attached hydrogen (secondary N) is 1. The molecular weight excluding hydrogens is 391 g/mol. The quantitative estimate of drug-likeness (QED) is 0.425. The third kappa shape index (κ3) is 2.71. The monoisotopic (exact) mass is 406 g/mol. The third-order valence-corrected chi connectivity index (χ3v) is 5.74. The van der Waals surface area contributed by atoms with Crippen molar-refractivity contribution in [3.8, 4) is 6.07 Å². The van der Waals surface area contributed by atoms with Crippen LogP contribution in [0.5, 0.6) is 0 Å². The fourth-order valence-electron chi connectivity index (χ4n) is 4.14. The van der Waals surface area contributed by atoms with Gasteiger partial charge in [0.05, 0.1) is 16.6 Å². The molecule has 0 unspecified atom stereocenters. The van der Waals surface area contributed by atoms with Crippen LogP contribution in [-0.2, 0) is 12.8 Å². The van der Waals surface area contributed by atoms with Gasteiger partial charge in [0.15, 0.2) is 5.65 Å². The van der Waals surface area contributed by atoms with E-state index in [4.69, 9.17) is 28.2 Å². The van der Waals surface area contributed by atoms with Crippen LogP contribution in [0, 0.1) is 11.3 Å². The molecule has 0 radical (unpaired) electrons. The number of halogens is 2. The van der Waals surface area contributed by atoms with Gasteiger partial charge in [0.2, 0.25) is 0 Å². The van der Waals surface area contributed by atoms with Gasteiger partial charge in [-0.15, -0.1) is 0 Å². The van der Waals surface area contributed by atoms with Gasteiger partial charge in [0, 0.05) is 15.7 Å². The average Bonchev–Trinajstić information content (AvgIpc) is 3.06. The molecule has 1 aliphatic rings. The molecular formula is C22H16Cl2N4. The molecule has 1 N–H and O–H groups in total. The van der Waals surface area contributed by atoms with Crippen molar-refractivity contribution in [3.63, 3.8) is 0 Å². The summed E-state index contributed by atoms with van der Waals surface area (Å²) in [5.41, 5.74) is 6.31. The Bertz CT molecular complexity index is 1260. The van der Waals surface area contributed by atoms with Gasteiger partial charge in [-0.25, -0.2) is 4.98 Å². The molecule has 4 aromatic rings. The fourth-order valence-corrected chi connectivity index (χ4v) is 4.67. The number of nitrogens with zero attached hydrogens (tertiary/aromatic N) is 3. The van der Waals surface area contributed by atoms with Crippen LogP contribution >= 0.6 is 23.2 Å². The average molecular weight is 407 g/mol. The number of imidazole rings is 1. The van der Waals surface area contributed by atoms with E-state index in [1.54, 1.807) is 6.07 Å². The number of aromatic nitrogens is 2. The second-order valence-corrected chi connectivity index (χ2v) is 7.92. The van der Waals surface area contributed by atoms with Gasteiger partial charge < -0.3 is 5.32 Å². The predicted octanol–water partition coefficient (Wildman–Crippen LogP) is 6.29. The molecule has 4 nitrogen and oxygen atoms in total. The van der Waals surface area contributed by atoms with Gasteiger partial charge >= 0.3 is 0 Å². The Hall–Kier alpha value is -2.74. The van der Waals surface area contributed by atoms with E-state index in [0.717, 1.165) is 53.8 Å². The van der Waals surface area contributed by atoms with E-state index in [1.165, 1.54) is 5.56 Å². The summed E-state index contributed by atoms with van der Waals surface area (Å²) in [5.74, 6) is 0.940. The summed E-state index contributed by atoms with van der Waals surface area (Å²) < 4.78 is 2.06. The molecule has 0 amide bonds. The predicted molar refractivity (Wildman–Crippen MR) is 114 cm³/mol. The topological polar surface area (TPSA) is 53.1 Å². The first kappa shape index (κ1) is 17.4. The van der Waals surface area contributed by atoms with Gasteiger partial charge in [0.1, 0.15) is 11.9 Å². The molecule has 28 heavy (non-hydrogen) atoms.